The van der Waals surface area contributed by atoms with Gasteiger partial charge in [-0.3, -0.25) is 9.48 Å². The molecule has 5 heteroatoms. The highest BCUT2D eigenvalue weighted by atomic mass is 16.2. The molecule has 1 unspecified atom stereocenters. The van der Waals surface area contributed by atoms with E-state index in [4.69, 9.17) is 0 Å². The maximum atomic E-state index is 12.6. The second-order valence-electron chi connectivity index (χ2n) is 5.70. The number of hydrogen-bond acceptors (Lipinski definition) is 3. The maximum absolute atomic E-state index is 12.6. The zero-order chi connectivity index (χ0) is 13.2. The highest BCUT2D eigenvalue weighted by molar-refractivity contribution is 5.94. The van der Waals surface area contributed by atoms with E-state index in [1.54, 1.807) is 10.9 Å². The number of rotatable bonds is 2. The highest BCUT2D eigenvalue weighted by Crippen LogP contribution is 2.30. The summed E-state index contributed by atoms with van der Waals surface area (Å²) in [6, 6.07) is 0.440. The molecule has 1 N–H and O–H groups in total. The standard InChI is InChI=1S/C14H22N4O/c1-17-10-12(9-16-17)14(19)18-8-2-3-13(18)11-4-6-15-7-5-11/h9-11,13,15H,2-8H2,1H3. The minimum absolute atomic E-state index is 0.161. The second-order valence-corrected chi connectivity index (χ2v) is 5.70. The molecule has 0 aromatic carbocycles. The van der Waals surface area contributed by atoms with E-state index < -0.39 is 0 Å². The van der Waals surface area contributed by atoms with Crippen molar-refractivity contribution in [2.45, 2.75) is 31.7 Å². The van der Waals surface area contributed by atoms with Crippen LogP contribution in [0.4, 0.5) is 0 Å². The maximum Gasteiger partial charge on any atom is 0.257 e. The average molecular weight is 262 g/mol. The Morgan fingerprint density at radius 1 is 1.37 bits per heavy atom. The van der Waals surface area contributed by atoms with Gasteiger partial charge in [-0.15, -0.1) is 0 Å². The number of aromatic nitrogens is 2. The number of carbonyl (C=O) groups excluding carboxylic acids is 1. The summed E-state index contributed by atoms with van der Waals surface area (Å²) in [5, 5.41) is 7.51. The fourth-order valence-electron chi connectivity index (χ4n) is 3.46. The molecule has 1 aromatic rings. The van der Waals surface area contributed by atoms with Gasteiger partial charge in [-0.1, -0.05) is 0 Å². The van der Waals surface area contributed by atoms with Crippen molar-refractivity contribution in [3.05, 3.63) is 18.0 Å². The van der Waals surface area contributed by atoms with E-state index in [1.165, 1.54) is 12.8 Å². The van der Waals surface area contributed by atoms with Gasteiger partial charge in [0, 0.05) is 25.8 Å². The average Bonchev–Trinajstić information content (AvgIpc) is 3.07. The van der Waals surface area contributed by atoms with Crippen LogP contribution in [0.15, 0.2) is 12.4 Å². The van der Waals surface area contributed by atoms with E-state index in [1.807, 2.05) is 13.2 Å². The Labute approximate surface area is 114 Å². The first-order valence-corrected chi connectivity index (χ1v) is 7.26. The summed E-state index contributed by atoms with van der Waals surface area (Å²) < 4.78 is 1.70. The number of carbonyl (C=O) groups is 1. The molecule has 3 heterocycles. The van der Waals surface area contributed by atoms with Crippen LogP contribution < -0.4 is 5.32 Å². The summed E-state index contributed by atoms with van der Waals surface area (Å²) in [5.41, 5.74) is 0.725. The van der Waals surface area contributed by atoms with Crippen LogP contribution in [0.5, 0.6) is 0 Å². The van der Waals surface area contributed by atoms with Crippen molar-refractivity contribution in [2.75, 3.05) is 19.6 Å². The molecule has 0 bridgehead atoms. The molecule has 5 nitrogen and oxygen atoms in total. The summed E-state index contributed by atoms with van der Waals surface area (Å²) in [4.78, 5) is 14.7. The Bertz CT molecular complexity index is 450. The molecule has 2 aliphatic rings. The topological polar surface area (TPSA) is 50.2 Å². The number of nitrogens with zero attached hydrogens (tertiary/aromatic N) is 3. The Morgan fingerprint density at radius 3 is 2.84 bits per heavy atom. The van der Waals surface area contributed by atoms with Crippen LogP contribution >= 0.6 is 0 Å². The molecule has 0 radical (unpaired) electrons. The molecule has 0 aliphatic carbocycles. The van der Waals surface area contributed by atoms with E-state index in [-0.39, 0.29) is 5.91 Å². The molecule has 1 amide bonds. The van der Waals surface area contributed by atoms with Crippen LogP contribution in [0.25, 0.3) is 0 Å². The number of likely N-dealkylation sites (tertiary alicyclic amines) is 1. The van der Waals surface area contributed by atoms with E-state index in [0.717, 1.165) is 38.0 Å². The fraction of sp³-hybridized carbons (Fsp3) is 0.714. The summed E-state index contributed by atoms with van der Waals surface area (Å²) >= 11 is 0. The molecule has 19 heavy (non-hydrogen) atoms. The Morgan fingerprint density at radius 2 is 2.16 bits per heavy atom. The molecule has 0 saturated carbocycles. The van der Waals surface area contributed by atoms with Crippen LogP contribution in [0, 0.1) is 5.92 Å². The van der Waals surface area contributed by atoms with Crippen molar-refractivity contribution in [3.63, 3.8) is 0 Å². The fourth-order valence-corrected chi connectivity index (χ4v) is 3.46. The van der Waals surface area contributed by atoms with Gasteiger partial charge < -0.3 is 10.2 Å². The van der Waals surface area contributed by atoms with E-state index in [0.29, 0.717) is 12.0 Å². The van der Waals surface area contributed by atoms with E-state index >= 15 is 0 Å². The van der Waals surface area contributed by atoms with Crippen LogP contribution in [0.1, 0.15) is 36.0 Å². The lowest BCUT2D eigenvalue weighted by Crippen LogP contribution is -2.43. The third-order valence-corrected chi connectivity index (χ3v) is 4.44. The predicted octanol–water partition coefficient (Wildman–Crippen LogP) is 1.02. The number of amides is 1. The SMILES string of the molecule is Cn1cc(C(=O)N2CCCC2C2CCNCC2)cn1. The van der Waals surface area contributed by atoms with Crippen molar-refractivity contribution in [1.29, 1.82) is 0 Å². The van der Waals surface area contributed by atoms with Gasteiger partial charge in [-0.2, -0.15) is 5.10 Å². The lowest BCUT2D eigenvalue weighted by Gasteiger charge is -2.34. The summed E-state index contributed by atoms with van der Waals surface area (Å²) in [6.45, 7) is 3.09. The summed E-state index contributed by atoms with van der Waals surface area (Å²) in [7, 11) is 1.85. The van der Waals surface area contributed by atoms with Crippen molar-refractivity contribution in [3.8, 4) is 0 Å². The van der Waals surface area contributed by atoms with Crippen LogP contribution in [-0.4, -0.2) is 46.3 Å². The van der Waals surface area contributed by atoms with Crippen molar-refractivity contribution < 1.29 is 4.79 Å². The first-order chi connectivity index (χ1) is 9.25. The van der Waals surface area contributed by atoms with Gasteiger partial charge in [0.2, 0.25) is 0 Å². The lowest BCUT2D eigenvalue weighted by atomic mass is 9.88. The molecule has 1 aromatic heterocycles. The Hall–Kier alpha value is -1.36. The normalized spacial score (nSPS) is 24.9. The predicted molar refractivity (Wildman–Crippen MR) is 72.9 cm³/mol. The summed E-state index contributed by atoms with van der Waals surface area (Å²) in [5.74, 6) is 0.832. The second kappa shape index (κ2) is 5.33. The zero-order valence-corrected chi connectivity index (χ0v) is 11.5. The van der Waals surface area contributed by atoms with Gasteiger partial charge >= 0.3 is 0 Å². The van der Waals surface area contributed by atoms with Crippen LogP contribution in [0.2, 0.25) is 0 Å². The van der Waals surface area contributed by atoms with E-state index in [9.17, 15) is 4.79 Å². The highest BCUT2D eigenvalue weighted by Gasteiger charge is 2.35. The lowest BCUT2D eigenvalue weighted by molar-refractivity contribution is 0.0666. The molecule has 2 saturated heterocycles. The first-order valence-electron chi connectivity index (χ1n) is 7.26. The van der Waals surface area contributed by atoms with Gasteiger partial charge in [-0.25, -0.2) is 0 Å². The number of hydrogen-bond donors (Lipinski definition) is 1. The van der Waals surface area contributed by atoms with Crippen molar-refractivity contribution in [2.24, 2.45) is 13.0 Å². The minimum atomic E-state index is 0.161. The van der Waals surface area contributed by atoms with Gasteiger partial charge in [0.05, 0.1) is 11.8 Å². The number of aryl methyl sites for hydroxylation is 1. The molecule has 0 spiro atoms. The van der Waals surface area contributed by atoms with Crippen molar-refractivity contribution >= 4 is 5.91 Å². The quantitative estimate of drug-likeness (QED) is 0.866. The van der Waals surface area contributed by atoms with Crippen LogP contribution in [0.3, 0.4) is 0 Å². The first kappa shape index (κ1) is 12.7. The molecule has 1 atom stereocenters. The summed E-state index contributed by atoms with van der Waals surface area (Å²) in [6.07, 6.45) is 8.19. The monoisotopic (exact) mass is 262 g/mol. The molecule has 2 aliphatic heterocycles. The molecule has 2 fully saturated rings. The Kier molecular flexibility index (Phi) is 3.55. The molecule has 104 valence electrons. The largest absolute Gasteiger partial charge is 0.335 e. The Balaban J connectivity index is 1.73. The van der Waals surface area contributed by atoms with Gasteiger partial charge in [0.1, 0.15) is 0 Å². The smallest absolute Gasteiger partial charge is 0.257 e. The van der Waals surface area contributed by atoms with Crippen molar-refractivity contribution in [1.82, 2.24) is 20.0 Å². The molecular formula is C14H22N4O. The van der Waals surface area contributed by atoms with E-state index in [2.05, 4.69) is 15.3 Å². The number of piperidine rings is 1. The third-order valence-electron chi connectivity index (χ3n) is 4.44. The minimum Gasteiger partial charge on any atom is -0.335 e. The molecule has 3 rings (SSSR count). The van der Waals surface area contributed by atoms with Gasteiger partial charge in [0.15, 0.2) is 0 Å². The third kappa shape index (κ3) is 2.52. The van der Waals surface area contributed by atoms with Crippen LogP contribution in [-0.2, 0) is 7.05 Å². The number of nitrogens with one attached hydrogen (secondary N) is 1. The van der Waals surface area contributed by atoms with Gasteiger partial charge in [-0.05, 0) is 44.7 Å². The molecular weight excluding hydrogens is 240 g/mol. The zero-order valence-electron chi connectivity index (χ0n) is 11.5. The van der Waals surface area contributed by atoms with Gasteiger partial charge in [0.25, 0.3) is 5.91 Å².